The Bertz CT molecular complexity index is 572. The fraction of sp³-hybridized carbons (Fsp3) is 0.250. The van der Waals surface area contributed by atoms with E-state index in [-0.39, 0.29) is 0 Å². The summed E-state index contributed by atoms with van der Waals surface area (Å²) in [5.41, 5.74) is 3.76. The Morgan fingerprint density at radius 1 is 0.842 bits per heavy atom. The molecule has 0 amide bonds. The van der Waals surface area contributed by atoms with E-state index in [0.29, 0.717) is 40.9 Å². The zero-order valence-electron chi connectivity index (χ0n) is 10.7. The molecule has 1 aliphatic rings. The third-order valence-corrected chi connectivity index (χ3v) is 5.09. The molecule has 0 N–H and O–H groups in total. The van der Waals surface area contributed by atoms with Gasteiger partial charge in [0, 0.05) is 0 Å². The van der Waals surface area contributed by atoms with Crippen LogP contribution in [0, 0.1) is 0 Å². The molecule has 0 fully saturated rings. The molecule has 3 rings (SSSR count). The van der Waals surface area contributed by atoms with Gasteiger partial charge in [-0.1, -0.05) is 0 Å². The van der Waals surface area contributed by atoms with Crippen molar-refractivity contribution < 1.29 is 9.47 Å². The predicted octanol–water partition coefficient (Wildman–Crippen LogP) is 3.00. The van der Waals surface area contributed by atoms with Crippen LogP contribution >= 0.6 is 0 Å². The molecule has 0 unspecified atom stereocenters. The van der Waals surface area contributed by atoms with Gasteiger partial charge in [0.15, 0.2) is 0 Å². The first kappa shape index (κ1) is 12.9. The fourth-order valence-electron chi connectivity index (χ4n) is 2.11. The first-order valence-corrected chi connectivity index (χ1v) is 8.23. The molecule has 1 aromatic heterocycles. The molecule has 2 heterocycles. The Hall–Kier alpha value is -1.12. The van der Waals surface area contributed by atoms with Crippen LogP contribution in [-0.2, 0) is 29.3 Å². The topological polar surface area (TPSA) is 18.5 Å². The Balaban J connectivity index is 1.82. The Morgan fingerprint density at radius 2 is 1.58 bits per heavy atom. The monoisotopic (exact) mass is 320 g/mol. The quantitative estimate of drug-likeness (QED) is 0.695. The molecular formula is C16H16O2Se. The van der Waals surface area contributed by atoms with Gasteiger partial charge in [0.25, 0.3) is 0 Å². The molecular weight excluding hydrogens is 303 g/mol. The molecule has 0 aliphatic carbocycles. The number of hydrogen-bond donors (Lipinski definition) is 0. The molecule has 0 saturated heterocycles. The van der Waals surface area contributed by atoms with Crippen molar-refractivity contribution in [2.45, 2.75) is 19.8 Å². The van der Waals surface area contributed by atoms with Crippen molar-refractivity contribution in [3.63, 3.8) is 0 Å². The molecule has 2 aromatic rings. The van der Waals surface area contributed by atoms with Crippen LogP contribution in [0.5, 0.6) is 0 Å². The van der Waals surface area contributed by atoms with Crippen LogP contribution < -0.4 is 0 Å². The van der Waals surface area contributed by atoms with Gasteiger partial charge in [-0.25, -0.2) is 0 Å². The van der Waals surface area contributed by atoms with Crippen molar-refractivity contribution in [1.29, 1.82) is 0 Å². The standard InChI is InChI=1S/C16H16O2Se/c1-2-5-14-11-18-12-15-7-9-19-16(15)6-3-8-17-10-13(14)4-1/h1-7,9H,8,10-12H2/b6-3-. The molecule has 2 nitrogen and oxygen atoms in total. The minimum absolute atomic E-state index is 0.456. The normalized spacial score (nSPS) is 17.7. The predicted molar refractivity (Wildman–Crippen MR) is 77.0 cm³/mol. The molecule has 0 radical (unpaired) electrons. The molecule has 98 valence electrons. The van der Waals surface area contributed by atoms with Crippen LogP contribution in [0.2, 0.25) is 0 Å². The average Bonchev–Trinajstić information content (AvgIpc) is 2.86. The molecule has 1 aliphatic heterocycles. The van der Waals surface area contributed by atoms with Gasteiger partial charge in [-0.2, -0.15) is 0 Å². The Kier molecular flexibility index (Phi) is 4.31. The summed E-state index contributed by atoms with van der Waals surface area (Å²) in [6.07, 6.45) is 4.29. The zero-order chi connectivity index (χ0) is 12.9. The first-order valence-electron chi connectivity index (χ1n) is 6.38. The van der Waals surface area contributed by atoms with Crippen molar-refractivity contribution in [1.82, 2.24) is 0 Å². The summed E-state index contributed by atoms with van der Waals surface area (Å²) in [6.45, 7) is 2.68. The Labute approximate surface area is 119 Å². The number of benzene rings is 1. The van der Waals surface area contributed by atoms with E-state index in [1.54, 1.807) is 0 Å². The van der Waals surface area contributed by atoms with Crippen molar-refractivity contribution in [3.8, 4) is 0 Å². The fourth-order valence-corrected chi connectivity index (χ4v) is 3.86. The van der Waals surface area contributed by atoms with Crippen molar-refractivity contribution in [2.75, 3.05) is 6.61 Å². The van der Waals surface area contributed by atoms with Gasteiger partial charge in [0.2, 0.25) is 0 Å². The van der Waals surface area contributed by atoms with E-state index in [2.05, 4.69) is 41.4 Å². The van der Waals surface area contributed by atoms with Crippen LogP contribution in [0.1, 0.15) is 21.1 Å². The van der Waals surface area contributed by atoms with E-state index < -0.39 is 0 Å². The average molecular weight is 319 g/mol. The zero-order valence-corrected chi connectivity index (χ0v) is 12.4. The number of rotatable bonds is 0. The summed E-state index contributed by atoms with van der Waals surface area (Å²) in [6, 6.07) is 10.5. The maximum atomic E-state index is 5.86. The molecule has 19 heavy (non-hydrogen) atoms. The van der Waals surface area contributed by atoms with Gasteiger partial charge in [0.05, 0.1) is 0 Å². The summed E-state index contributed by atoms with van der Waals surface area (Å²) in [5.74, 6) is 0. The van der Waals surface area contributed by atoms with Gasteiger partial charge < -0.3 is 0 Å². The van der Waals surface area contributed by atoms with Gasteiger partial charge in [0.1, 0.15) is 0 Å². The van der Waals surface area contributed by atoms with Crippen LogP contribution in [0.25, 0.3) is 6.08 Å². The second kappa shape index (κ2) is 6.36. The maximum absolute atomic E-state index is 5.86. The summed E-state index contributed by atoms with van der Waals surface area (Å²) >= 11 is 0.456. The van der Waals surface area contributed by atoms with Crippen molar-refractivity contribution in [3.05, 3.63) is 62.5 Å². The summed E-state index contributed by atoms with van der Waals surface area (Å²) in [5, 5.41) is 0. The molecule has 3 heteroatoms. The van der Waals surface area contributed by atoms with Crippen LogP contribution in [0.3, 0.4) is 0 Å². The van der Waals surface area contributed by atoms with Gasteiger partial charge >= 0.3 is 119 Å². The molecule has 0 bridgehead atoms. The number of hydrogen-bond acceptors (Lipinski definition) is 2. The van der Waals surface area contributed by atoms with Gasteiger partial charge in [-0.15, -0.1) is 0 Å². The first-order chi connectivity index (χ1) is 9.43. The number of ether oxygens (including phenoxy) is 2. The van der Waals surface area contributed by atoms with Gasteiger partial charge in [-0.05, 0) is 0 Å². The van der Waals surface area contributed by atoms with E-state index in [9.17, 15) is 0 Å². The summed E-state index contributed by atoms with van der Waals surface area (Å²) in [4.78, 5) is 2.25. The number of fused-ring (bicyclic) bond motifs is 2. The summed E-state index contributed by atoms with van der Waals surface area (Å²) < 4.78 is 13.0. The van der Waals surface area contributed by atoms with E-state index >= 15 is 0 Å². The van der Waals surface area contributed by atoms with Crippen molar-refractivity contribution in [2.24, 2.45) is 0 Å². The van der Waals surface area contributed by atoms with E-state index in [1.165, 1.54) is 21.1 Å². The molecule has 0 atom stereocenters. The Morgan fingerprint density at radius 3 is 2.42 bits per heavy atom. The molecule has 0 saturated carbocycles. The van der Waals surface area contributed by atoms with Crippen LogP contribution in [0.4, 0.5) is 0 Å². The summed E-state index contributed by atoms with van der Waals surface area (Å²) in [7, 11) is 0. The van der Waals surface area contributed by atoms with E-state index in [1.807, 2.05) is 6.07 Å². The third kappa shape index (κ3) is 3.26. The van der Waals surface area contributed by atoms with Crippen LogP contribution in [0.15, 0.2) is 41.3 Å². The van der Waals surface area contributed by atoms with Gasteiger partial charge in [-0.3, -0.25) is 0 Å². The molecule has 1 aromatic carbocycles. The van der Waals surface area contributed by atoms with E-state index in [0.717, 1.165) is 0 Å². The third-order valence-electron chi connectivity index (χ3n) is 3.16. The van der Waals surface area contributed by atoms with Crippen LogP contribution in [-0.4, -0.2) is 21.1 Å². The van der Waals surface area contributed by atoms with E-state index in [4.69, 9.17) is 9.47 Å². The molecule has 0 spiro atoms. The minimum atomic E-state index is 0.456. The van der Waals surface area contributed by atoms with Crippen molar-refractivity contribution >= 4 is 20.6 Å². The second-order valence-electron chi connectivity index (χ2n) is 4.49. The SMILES string of the molecule is C1=C\c2[se]ccc2COCc2ccccc2COC/1. The second-order valence-corrected chi connectivity index (χ2v) is 6.48.